The van der Waals surface area contributed by atoms with Crippen molar-refractivity contribution in [3.63, 3.8) is 0 Å². The maximum atomic E-state index is 12.3. The van der Waals surface area contributed by atoms with Gasteiger partial charge in [0.05, 0.1) is 18.2 Å². The minimum atomic E-state index is -0.521. The smallest absolute Gasteiger partial charge is 0.338 e. The minimum Gasteiger partial charge on any atom is -0.463 e. The van der Waals surface area contributed by atoms with Crippen LogP contribution in [0.5, 0.6) is 0 Å². The van der Waals surface area contributed by atoms with E-state index in [-0.39, 0.29) is 12.6 Å². The number of carbonyl (C=O) groups excluding carboxylic acids is 2. The summed E-state index contributed by atoms with van der Waals surface area (Å²) in [6.07, 6.45) is 0. The number of hydrogen-bond acceptors (Lipinski definition) is 3. The first-order chi connectivity index (χ1) is 11.1. The van der Waals surface area contributed by atoms with Crippen molar-refractivity contribution in [1.29, 1.82) is 0 Å². The Morgan fingerprint density at radius 3 is 2.65 bits per heavy atom. The summed E-state index contributed by atoms with van der Waals surface area (Å²) >= 11 is 0. The van der Waals surface area contributed by atoms with Gasteiger partial charge in [-0.3, -0.25) is 0 Å². The van der Waals surface area contributed by atoms with Crippen LogP contribution in [0.2, 0.25) is 0 Å². The van der Waals surface area contributed by atoms with Crippen LogP contribution in [0.4, 0.5) is 4.79 Å². The molecule has 1 aliphatic heterocycles. The highest BCUT2D eigenvalue weighted by Crippen LogP contribution is 2.29. The van der Waals surface area contributed by atoms with Gasteiger partial charge in [0.15, 0.2) is 0 Å². The molecule has 2 amide bonds. The predicted octanol–water partition coefficient (Wildman–Crippen LogP) is 3.03. The zero-order valence-corrected chi connectivity index (χ0v) is 13.1. The van der Waals surface area contributed by atoms with E-state index < -0.39 is 12.0 Å². The van der Waals surface area contributed by atoms with Gasteiger partial charge in [-0.05, 0) is 36.2 Å². The fraction of sp³-hybridized carbons (Fsp3) is 0.222. The van der Waals surface area contributed by atoms with Crippen LogP contribution in [0.15, 0.2) is 53.7 Å². The molecular weight excluding hydrogens is 292 g/mol. The number of rotatable bonds is 3. The van der Waals surface area contributed by atoms with E-state index in [1.54, 1.807) is 13.8 Å². The van der Waals surface area contributed by atoms with E-state index in [4.69, 9.17) is 4.74 Å². The number of allylic oxidation sites excluding steroid dienone is 1. The van der Waals surface area contributed by atoms with Crippen molar-refractivity contribution in [2.24, 2.45) is 0 Å². The predicted molar refractivity (Wildman–Crippen MR) is 87.7 cm³/mol. The minimum absolute atomic E-state index is 0.286. The molecule has 0 unspecified atom stereocenters. The lowest BCUT2D eigenvalue weighted by Gasteiger charge is -2.28. The normalized spacial score (nSPS) is 17.7. The number of esters is 1. The highest BCUT2D eigenvalue weighted by atomic mass is 16.5. The van der Waals surface area contributed by atoms with Crippen LogP contribution in [0.25, 0.3) is 10.8 Å². The van der Waals surface area contributed by atoms with Crippen molar-refractivity contribution in [3.8, 4) is 0 Å². The summed E-state index contributed by atoms with van der Waals surface area (Å²) in [6.45, 7) is 3.75. The van der Waals surface area contributed by atoms with Gasteiger partial charge in [0.1, 0.15) is 0 Å². The zero-order chi connectivity index (χ0) is 16.4. The van der Waals surface area contributed by atoms with Gasteiger partial charge in [-0.2, -0.15) is 0 Å². The average Bonchev–Trinajstić information content (AvgIpc) is 2.53. The lowest BCUT2D eigenvalue weighted by atomic mass is 9.94. The molecule has 0 aromatic heterocycles. The zero-order valence-electron chi connectivity index (χ0n) is 13.1. The van der Waals surface area contributed by atoms with E-state index in [0.717, 1.165) is 16.3 Å². The SMILES string of the molecule is CCOC(=O)C1=C(C)NC(=O)N[C@H]1c1ccc2ccccc2c1. The fourth-order valence-electron chi connectivity index (χ4n) is 2.81. The Balaban J connectivity index is 2.07. The lowest BCUT2D eigenvalue weighted by molar-refractivity contribution is -0.139. The third-order valence-corrected chi connectivity index (χ3v) is 3.87. The molecule has 5 heteroatoms. The van der Waals surface area contributed by atoms with E-state index in [1.165, 1.54) is 0 Å². The Hall–Kier alpha value is -2.82. The summed E-state index contributed by atoms with van der Waals surface area (Å²) in [5, 5.41) is 7.60. The van der Waals surface area contributed by atoms with Crippen molar-refractivity contribution in [2.75, 3.05) is 6.61 Å². The van der Waals surface area contributed by atoms with Gasteiger partial charge >= 0.3 is 12.0 Å². The number of ether oxygens (including phenoxy) is 1. The Labute approximate surface area is 134 Å². The van der Waals surface area contributed by atoms with E-state index in [9.17, 15) is 9.59 Å². The number of urea groups is 1. The van der Waals surface area contributed by atoms with Crippen LogP contribution in [-0.4, -0.2) is 18.6 Å². The Morgan fingerprint density at radius 1 is 1.17 bits per heavy atom. The topological polar surface area (TPSA) is 67.4 Å². The van der Waals surface area contributed by atoms with Crippen molar-refractivity contribution in [3.05, 3.63) is 59.3 Å². The summed E-state index contributed by atoms with van der Waals surface area (Å²) in [5.41, 5.74) is 1.80. The number of fused-ring (bicyclic) bond motifs is 1. The number of carbonyl (C=O) groups is 2. The van der Waals surface area contributed by atoms with Crippen LogP contribution < -0.4 is 10.6 Å². The maximum absolute atomic E-state index is 12.3. The van der Waals surface area contributed by atoms with Gasteiger partial charge in [0.2, 0.25) is 0 Å². The molecule has 2 N–H and O–H groups in total. The molecule has 0 radical (unpaired) electrons. The molecule has 2 aromatic carbocycles. The third-order valence-electron chi connectivity index (χ3n) is 3.87. The Kier molecular flexibility index (Phi) is 4.02. The summed E-state index contributed by atoms with van der Waals surface area (Å²) in [7, 11) is 0. The van der Waals surface area contributed by atoms with Gasteiger partial charge in [-0.1, -0.05) is 36.4 Å². The summed E-state index contributed by atoms with van der Waals surface area (Å²) in [4.78, 5) is 24.1. The van der Waals surface area contributed by atoms with Crippen LogP contribution >= 0.6 is 0 Å². The first kappa shape index (κ1) is 15.1. The second kappa shape index (κ2) is 6.12. The molecule has 3 rings (SSSR count). The van der Waals surface area contributed by atoms with Gasteiger partial charge < -0.3 is 15.4 Å². The number of benzene rings is 2. The van der Waals surface area contributed by atoms with Crippen molar-refractivity contribution < 1.29 is 14.3 Å². The average molecular weight is 310 g/mol. The molecule has 1 heterocycles. The van der Waals surface area contributed by atoms with Gasteiger partial charge in [0, 0.05) is 5.70 Å². The van der Waals surface area contributed by atoms with E-state index in [0.29, 0.717) is 11.3 Å². The molecule has 0 saturated carbocycles. The molecule has 1 aliphatic rings. The van der Waals surface area contributed by atoms with Crippen molar-refractivity contribution in [1.82, 2.24) is 10.6 Å². The largest absolute Gasteiger partial charge is 0.463 e. The van der Waals surface area contributed by atoms with Crippen LogP contribution in [0, 0.1) is 0 Å². The molecule has 2 aromatic rings. The molecule has 0 aliphatic carbocycles. The lowest BCUT2D eigenvalue weighted by Crippen LogP contribution is -2.45. The van der Waals surface area contributed by atoms with E-state index in [1.807, 2.05) is 42.5 Å². The summed E-state index contributed by atoms with van der Waals surface area (Å²) in [5.74, 6) is -0.421. The van der Waals surface area contributed by atoms with Gasteiger partial charge in [-0.15, -0.1) is 0 Å². The van der Waals surface area contributed by atoms with Crippen LogP contribution in [0.1, 0.15) is 25.5 Å². The molecule has 0 saturated heterocycles. The second-order valence-electron chi connectivity index (χ2n) is 5.40. The van der Waals surface area contributed by atoms with Gasteiger partial charge in [0.25, 0.3) is 0 Å². The summed E-state index contributed by atoms with van der Waals surface area (Å²) < 4.78 is 5.14. The van der Waals surface area contributed by atoms with Crippen LogP contribution in [0.3, 0.4) is 0 Å². The number of amides is 2. The summed E-state index contributed by atoms with van der Waals surface area (Å²) in [6, 6.07) is 13.0. The molecule has 1 atom stereocenters. The monoisotopic (exact) mass is 310 g/mol. The van der Waals surface area contributed by atoms with E-state index >= 15 is 0 Å². The Morgan fingerprint density at radius 2 is 1.91 bits per heavy atom. The van der Waals surface area contributed by atoms with Gasteiger partial charge in [-0.25, -0.2) is 9.59 Å². The molecule has 118 valence electrons. The molecule has 0 bridgehead atoms. The molecule has 0 spiro atoms. The number of nitrogens with one attached hydrogen (secondary N) is 2. The second-order valence-corrected chi connectivity index (χ2v) is 5.40. The highest BCUT2D eigenvalue weighted by molar-refractivity contribution is 5.95. The van der Waals surface area contributed by atoms with E-state index in [2.05, 4.69) is 10.6 Å². The molecule has 23 heavy (non-hydrogen) atoms. The first-order valence-corrected chi connectivity index (χ1v) is 7.54. The molecule has 5 nitrogen and oxygen atoms in total. The maximum Gasteiger partial charge on any atom is 0.338 e. The Bertz CT molecular complexity index is 811. The van der Waals surface area contributed by atoms with Crippen LogP contribution in [-0.2, 0) is 9.53 Å². The third kappa shape index (κ3) is 2.90. The molecule has 0 fully saturated rings. The first-order valence-electron chi connectivity index (χ1n) is 7.54. The van der Waals surface area contributed by atoms with Crippen molar-refractivity contribution in [2.45, 2.75) is 19.9 Å². The number of hydrogen-bond donors (Lipinski definition) is 2. The standard InChI is InChI=1S/C18H18N2O3/c1-3-23-17(21)15-11(2)19-18(22)20-16(15)14-9-8-12-6-4-5-7-13(12)10-14/h4-10,16H,3H2,1-2H3,(H2,19,20,22)/t16-/m0/s1. The molecular formula is C18H18N2O3. The quantitative estimate of drug-likeness (QED) is 0.856. The fourth-order valence-corrected chi connectivity index (χ4v) is 2.81. The van der Waals surface area contributed by atoms with Crippen molar-refractivity contribution >= 4 is 22.8 Å². The highest BCUT2D eigenvalue weighted by Gasteiger charge is 2.32.